The Hall–Kier alpha value is -2.84. The number of alkyl halides is 6. The van der Waals surface area contributed by atoms with Gasteiger partial charge in [0.05, 0.1) is 18.8 Å². The third-order valence-electron chi connectivity index (χ3n) is 6.31. The molecule has 2 aromatic heterocycles. The van der Waals surface area contributed by atoms with E-state index in [2.05, 4.69) is 25.3 Å². The van der Waals surface area contributed by atoms with Crippen LogP contribution >= 0.6 is 11.8 Å². The third kappa shape index (κ3) is 4.64. The first-order chi connectivity index (χ1) is 16.9. The van der Waals surface area contributed by atoms with Gasteiger partial charge in [0.1, 0.15) is 10.8 Å². The van der Waals surface area contributed by atoms with Gasteiger partial charge in [-0.2, -0.15) is 31.3 Å². The first kappa shape index (κ1) is 24.8. The molecule has 1 fully saturated rings. The lowest BCUT2D eigenvalue weighted by atomic mass is 10.0. The van der Waals surface area contributed by atoms with E-state index in [0.717, 1.165) is 12.0 Å². The van der Waals surface area contributed by atoms with Crippen LogP contribution in [0.2, 0.25) is 0 Å². The van der Waals surface area contributed by atoms with Gasteiger partial charge in [-0.25, -0.2) is 15.0 Å². The number of halogens is 6. The molecule has 3 aliphatic heterocycles. The van der Waals surface area contributed by atoms with Crippen LogP contribution in [-0.4, -0.2) is 57.3 Å². The van der Waals surface area contributed by atoms with E-state index in [-0.39, 0.29) is 48.5 Å². The Morgan fingerprint density at radius 3 is 2.42 bits per heavy atom. The van der Waals surface area contributed by atoms with Crippen molar-refractivity contribution in [2.24, 2.45) is 0 Å². The van der Waals surface area contributed by atoms with Crippen molar-refractivity contribution < 1.29 is 31.1 Å². The van der Waals surface area contributed by atoms with E-state index < -0.39 is 23.9 Å². The van der Waals surface area contributed by atoms with E-state index in [1.165, 1.54) is 0 Å². The molecule has 0 aromatic carbocycles. The molecule has 2 aromatic rings. The largest absolute Gasteiger partial charge is 0.451 e. The SMILES string of the molecule is CCC1Cc2c(nc(N3CCNC(=O)C3)nc2N2CCc3c(nc(C(F)(F)F)nc3C(F)(F)F)C2)S1. The molecule has 1 amide bonds. The maximum absolute atomic E-state index is 13.6. The standard InChI is InChI=1S/C21H21F6N7OS/c1-2-10-7-12-16(31-19(32-17(12)36-10)34-6-4-28-14(35)9-34)33-5-3-11-13(8-33)29-18(21(25,26)27)30-15(11)20(22,23)24/h10H,2-9H2,1H3,(H,28,35). The van der Waals surface area contributed by atoms with Crippen LogP contribution in [0, 0.1) is 0 Å². The number of aromatic nitrogens is 4. The van der Waals surface area contributed by atoms with Crippen molar-refractivity contribution in [1.82, 2.24) is 25.3 Å². The quantitative estimate of drug-likeness (QED) is 0.476. The van der Waals surface area contributed by atoms with Gasteiger partial charge < -0.3 is 15.1 Å². The minimum absolute atomic E-state index is 0.0556. The number of hydrogen-bond donors (Lipinski definition) is 1. The summed E-state index contributed by atoms with van der Waals surface area (Å²) in [5.74, 6) is -1.24. The average Bonchev–Trinajstić information content (AvgIpc) is 3.24. The van der Waals surface area contributed by atoms with E-state index >= 15 is 0 Å². The molecule has 8 nitrogen and oxygen atoms in total. The molecule has 36 heavy (non-hydrogen) atoms. The molecule has 0 aliphatic carbocycles. The number of fused-ring (bicyclic) bond motifs is 2. The number of piperazine rings is 1. The smallest absolute Gasteiger partial charge is 0.353 e. The fourth-order valence-electron chi connectivity index (χ4n) is 4.56. The first-order valence-corrected chi connectivity index (χ1v) is 12.2. The zero-order chi connectivity index (χ0) is 25.8. The van der Waals surface area contributed by atoms with Gasteiger partial charge in [0.25, 0.3) is 0 Å². The predicted molar refractivity (Wildman–Crippen MR) is 118 cm³/mol. The number of carbonyl (C=O) groups excluding carboxylic acids is 1. The summed E-state index contributed by atoms with van der Waals surface area (Å²) in [6, 6.07) is 0. The molecule has 1 N–H and O–H groups in total. The topological polar surface area (TPSA) is 87.1 Å². The lowest BCUT2D eigenvalue weighted by molar-refractivity contribution is -0.153. The van der Waals surface area contributed by atoms with E-state index in [4.69, 9.17) is 0 Å². The zero-order valence-electron chi connectivity index (χ0n) is 19.0. The summed E-state index contributed by atoms with van der Waals surface area (Å²) >= 11 is 1.56. The number of thioether (sulfide) groups is 1. The summed E-state index contributed by atoms with van der Waals surface area (Å²) in [7, 11) is 0. The molecular weight excluding hydrogens is 512 g/mol. The predicted octanol–water partition coefficient (Wildman–Crippen LogP) is 3.23. The van der Waals surface area contributed by atoms with Crippen molar-refractivity contribution in [3.05, 3.63) is 28.3 Å². The molecule has 5 rings (SSSR count). The fraction of sp³-hybridized carbons (Fsp3) is 0.571. The van der Waals surface area contributed by atoms with E-state index in [1.807, 2.05) is 6.92 Å². The monoisotopic (exact) mass is 533 g/mol. The summed E-state index contributed by atoms with van der Waals surface area (Å²) in [5, 5.41) is 3.66. The van der Waals surface area contributed by atoms with E-state index in [9.17, 15) is 31.1 Å². The van der Waals surface area contributed by atoms with Crippen LogP contribution in [-0.2, 0) is 36.5 Å². The van der Waals surface area contributed by atoms with Crippen LogP contribution in [0.15, 0.2) is 5.03 Å². The Labute approximate surface area is 205 Å². The molecule has 0 spiro atoms. The van der Waals surface area contributed by atoms with Crippen LogP contribution in [0.4, 0.5) is 38.1 Å². The molecule has 1 saturated heterocycles. The average molecular weight is 534 g/mol. The lowest BCUT2D eigenvalue weighted by Gasteiger charge is -2.33. The summed E-state index contributed by atoms with van der Waals surface area (Å²) in [6.07, 6.45) is -8.88. The van der Waals surface area contributed by atoms with Gasteiger partial charge >= 0.3 is 12.4 Å². The van der Waals surface area contributed by atoms with Crippen molar-refractivity contribution in [2.45, 2.75) is 55.4 Å². The highest BCUT2D eigenvalue weighted by molar-refractivity contribution is 8.00. The molecule has 0 radical (unpaired) electrons. The molecule has 5 heterocycles. The molecule has 3 aliphatic rings. The normalized spacial score (nSPS) is 20.3. The first-order valence-electron chi connectivity index (χ1n) is 11.3. The van der Waals surface area contributed by atoms with Crippen molar-refractivity contribution in [3.8, 4) is 0 Å². The van der Waals surface area contributed by atoms with Crippen molar-refractivity contribution >= 4 is 29.4 Å². The van der Waals surface area contributed by atoms with Crippen molar-refractivity contribution in [1.29, 1.82) is 0 Å². The highest BCUT2D eigenvalue weighted by Gasteiger charge is 2.44. The molecule has 0 bridgehead atoms. The van der Waals surface area contributed by atoms with E-state index in [0.29, 0.717) is 36.3 Å². The van der Waals surface area contributed by atoms with Crippen LogP contribution in [0.5, 0.6) is 0 Å². The number of amides is 1. The Bertz CT molecular complexity index is 1200. The summed E-state index contributed by atoms with van der Waals surface area (Å²) in [5.41, 5.74) is -1.39. The van der Waals surface area contributed by atoms with Gasteiger partial charge in [-0.15, -0.1) is 11.8 Å². The molecule has 194 valence electrons. The fourth-order valence-corrected chi connectivity index (χ4v) is 5.74. The van der Waals surface area contributed by atoms with Gasteiger partial charge in [-0.05, 0) is 19.3 Å². The highest BCUT2D eigenvalue weighted by Crippen LogP contribution is 2.44. The second-order valence-corrected chi connectivity index (χ2v) is 10.0. The number of carbonyl (C=O) groups is 1. The molecule has 1 unspecified atom stereocenters. The summed E-state index contributed by atoms with van der Waals surface area (Å²) < 4.78 is 80.7. The number of anilines is 2. The second-order valence-electron chi connectivity index (χ2n) is 8.74. The number of rotatable bonds is 3. The van der Waals surface area contributed by atoms with Crippen LogP contribution < -0.4 is 15.1 Å². The summed E-state index contributed by atoms with van der Waals surface area (Å²) in [6.45, 7) is 2.78. The van der Waals surface area contributed by atoms with Crippen molar-refractivity contribution in [3.63, 3.8) is 0 Å². The second kappa shape index (κ2) is 8.92. The van der Waals surface area contributed by atoms with Crippen molar-refractivity contribution in [2.75, 3.05) is 36.0 Å². The minimum atomic E-state index is -5.12. The number of hydrogen-bond acceptors (Lipinski definition) is 8. The highest BCUT2D eigenvalue weighted by atomic mass is 32.2. The van der Waals surface area contributed by atoms with E-state index in [1.54, 1.807) is 21.6 Å². The maximum Gasteiger partial charge on any atom is 0.451 e. The maximum atomic E-state index is 13.6. The Morgan fingerprint density at radius 2 is 1.75 bits per heavy atom. The number of nitrogens with one attached hydrogen (secondary N) is 1. The van der Waals surface area contributed by atoms with Gasteiger partial charge in [0, 0.05) is 36.0 Å². The third-order valence-corrected chi connectivity index (χ3v) is 7.70. The zero-order valence-corrected chi connectivity index (χ0v) is 19.8. The van der Waals surface area contributed by atoms with Crippen LogP contribution in [0.25, 0.3) is 0 Å². The Kier molecular flexibility index (Phi) is 6.16. The van der Waals surface area contributed by atoms with Gasteiger partial charge in [-0.3, -0.25) is 4.79 Å². The summed E-state index contributed by atoms with van der Waals surface area (Å²) in [4.78, 5) is 30.9. The minimum Gasteiger partial charge on any atom is -0.353 e. The number of nitrogens with zero attached hydrogens (tertiary/aromatic N) is 6. The van der Waals surface area contributed by atoms with Gasteiger partial charge in [0.2, 0.25) is 17.7 Å². The Morgan fingerprint density at radius 1 is 0.972 bits per heavy atom. The van der Waals surface area contributed by atoms with Gasteiger partial charge in [0.15, 0.2) is 5.69 Å². The molecule has 1 atom stereocenters. The van der Waals surface area contributed by atoms with Gasteiger partial charge in [-0.1, -0.05) is 6.92 Å². The van der Waals surface area contributed by atoms with Crippen LogP contribution in [0.3, 0.4) is 0 Å². The molecular formula is C21H21F6N7OS. The molecule has 0 saturated carbocycles. The van der Waals surface area contributed by atoms with Crippen LogP contribution in [0.1, 0.15) is 41.7 Å². The lowest BCUT2D eigenvalue weighted by Crippen LogP contribution is -2.48. The molecule has 15 heteroatoms. The Balaban J connectivity index is 1.56.